The van der Waals surface area contributed by atoms with Crippen molar-refractivity contribution in [3.63, 3.8) is 0 Å². The molecule has 27 heavy (non-hydrogen) atoms. The Kier molecular flexibility index (Phi) is 4.99. The maximum atomic E-state index is 13.5. The van der Waals surface area contributed by atoms with Gasteiger partial charge in [-0.1, -0.05) is 36.0 Å². The Morgan fingerprint density at radius 2 is 1.93 bits per heavy atom. The summed E-state index contributed by atoms with van der Waals surface area (Å²) in [6.07, 6.45) is 0. The van der Waals surface area contributed by atoms with Gasteiger partial charge in [0.15, 0.2) is 5.16 Å². The summed E-state index contributed by atoms with van der Waals surface area (Å²) in [5.41, 5.74) is 1.57. The predicted molar refractivity (Wildman–Crippen MR) is 115 cm³/mol. The minimum absolute atomic E-state index is 0.0550. The zero-order chi connectivity index (χ0) is 19.0. The molecule has 0 bridgehead atoms. The number of Topliss-reactive ketones (excluding diaryl/α,β-unsaturated/α-hetero) is 1. The van der Waals surface area contributed by atoms with E-state index in [0.29, 0.717) is 15.4 Å². The minimum Gasteiger partial charge on any atom is -0.299 e. The molecule has 4 aromatic rings. The minimum atomic E-state index is -0.277. The lowest BCUT2D eigenvalue weighted by Crippen LogP contribution is -2.23. The number of nitrogens with zero attached hydrogens (tertiary/aromatic N) is 2. The van der Waals surface area contributed by atoms with E-state index in [-0.39, 0.29) is 16.6 Å². The van der Waals surface area contributed by atoms with Crippen molar-refractivity contribution in [2.24, 2.45) is 0 Å². The smallest absolute Gasteiger partial charge is 0.268 e. The second-order valence-corrected chi connectivity index (χ2v) is 9.16. The Labute approximate surface area is 168 Å². The molecule has 3 heterocycles. The van der Waals surface area contributed by atoms with E-state index in [1.54, 1.807) is 22.8 Å². The van der Waals surface area contributed by atoms with E-state index < -0.39 is 0 Å². The van der Waals surface area contributed by atoms with Crippen LogP contribution in [-0.2, 0) is 4.79 Å². The third-order valence-electron chi connectivity index (χ3n) is 4.23. The number of ketones is 1. The van der Waals surface area contributed by atoms with Gasteiger partial charge in [-0.05, 0) is 37.4 Å². The van der Waals surface area contributed by atoms with Crippen LogP contribution >= 0.6 is 34.4 Å². The first kappa shape index (κ1) is 18.2. The largest absolute Gasteiger partial charge is 0.299 e. The Hall–Kier alpha value is -2.22. The van der Waals surface area contributed by atoms with Crippen LogP contribution in [0.25, 0.3) is 26.3 Å². The molecule has 1 aromatic carbocycles. The first-order valence-corrected chi connectivity index (χ1v) is 11.0. The number of fused-ring (bicyclic) bond motifs is 1. The first-order chi connectivity index (χ1) is 13.1. The molecule has 0 saturated carbocycles. The van der Waals surface area contributed by atoms with Crippen LogP contribution in [0.3, 0.4) is 0 Å². The van der Waals surface area contributed by atoms with Gasteiger partial charge in [-0.15, -0.1) is 22.7 Å². The summed E-state index contributed by atoms with van der Waals surface area (Å²) < 4.78 is 1.62. The number of carbonyl (C=O) groups excluding carboxylic acids is 1. The van der Waals surface area contributed by atoms with Crippen molar-refractivity contribution < 1.29 is 4.79 Å². The molecule has 7 heteroatoms. The molecular weight excluding hydrogens is 396 g/mol. The molecule has 0 saturated heterocycles. The second-order valence-electron chi connectivity index (χ2n) is 6.05. The Bertz CT molecular complexity index is 1160. The first-order valence-electron chi connectivity index (χ1n) is 8.37. The number of rotatable bonds is 5. The highest BCUT2D eigenvalue weighted by Crippen LogP contribution is 2.35. The summed E-state index contributed by atoms with van der Waals surface area (Å²) in [6.45, 7) is 3.39. The summed E-state index contributed by atoms with van der Waals surface area (Å²) in [5.74, 6) is 0.0550. The fourth-order valence-corrected chi connectivity index (χ4v) is 5.44. The van der Waals surface area contributed by atoms with Gasteiger partial charge < -0.3 is 0 Å². The summed E-state index contributed by atoms with van der Waals surface area (Å²) >= 11 is 4.39. The topological polar surface area (TPSA) is 52.0 Å². The van der Waals surface area contributed by atoms with Crippen molar-refractivity contribution in [2.75, 3.05) is 0 Å². The number of aromatic nitrogens is 2. The predicted octanol–water partition coefficient (Wildman–Crippen LogP) is 5.25. The molecule has 0 aliphatic heterocycles. The molecule has 0 aliphatic carbocycles. The van der Waals surface area contributed by atoms with Crippen LogP contribution in [0.2, 0.25) is 0 Å². The molecule has 136 valence electrons. The van der Waals surface area contributed by atoms with Gasteiger partial charge in [0.2, 0.25) is 0 Å². The van der Waals surface area contributed by atoms with E-state index in [1.165, 1.54) is 23.1 Å². The number of benzene rings is 1. The zero-order valence-electron chi connectivity index (χ0n) is 14.7. The standard InChI is InChI=1S/C20H16N2O2S3/c1-12(23)13(2)27-20-21-18-17(15(11-26-18)16-9-6-10-25-16)19(24)22(20)14-7-4-3-5-8-14/h3-11,13H,1-2H3. The maximum Gasteiger partial charge on any atom is 0.268 e. The van der Waals surface area contributed by atoms with E-state index in [4.69, 9.17) is 4.98 Å². The van der Waals surface area contributed by atoms with Gasteiger partial charge in [-0.25, -0.2) is 4.98 Å². The highest BCUT2D eigenvalue weighted by Gasteiger charge is 2.21. The number of hydrogen-bond acceptors (Lipinski definition) is 6. The molecule has 0 fully saturated rings. The molecule has 0 amide bonds. The lowest BCUT2D eigenvalue weighted by molar-refractivity contribution is -0.116. The lowest BCUT2D eigenvalue weighted by atomic mass is 10.2. The van der Waals surface area contributed by atoms with Crippen molar-refractivity contribution in [3.8, 4) is 16.1 Å². The van der Waals surface area contributed by atoms with Crippen LogP contribution in [0.15, 0.2) is 63.2 Å². The molecule has 4 nitrogen and oxygen atoms in total. The second kappa shape index (κ2) is 7.42. The number of thiophene rings is 2. The molecule has 0 spiro atoms. The number of hydrogen-bond donors (Lipinski definition) is 0. The van der Waals surface area contributed by atoms with E-state index in [2.05, 4.69) is 0 Å². The molecule has 4 rings (SSSR count). The van der Waals surface area contributed by atoms with Gasteiger partial charge in [-0.2, -0.15) is 0 Å². The highest BCUT2D eigenvalue weighted by molar-refractivity contribution is 8.00. The molecule has 0 radical (unpaired) electrons. The average molecular weight is 413 g/mol. The van der Waals surface area contributed by atoms with E-state index in [0.717, 1.165) is 16.1 Å². The van der Waals surface area contributed by atoms with Crippen molar-refractivity contribution in [2.45, 2.75) is 24.3 Å². The summed E-state index contributed by atoms with van der Waals surface area (Å²) in [6, 6.07) is 13.5. The molecule has 3 aromatic heterocycles. The highest BCUT2D eigenvalue weighted by atomic mass is 32.2. The Morgan fingerprint density at radius 3 is 2.59 bits per heavy atom. The van der Waals surface area contributed by atoms with Gasteiger partial charge in [0.25, 0.3) is 5.56 Å². The maximum absolute atomic E-state index is 13.5. The van der Waals surface area contributed by atoms with Gasteiger partial charge in [0.1, 0.15) is 10.6 Å². The monoisotopic (exact) mass is 412 g/mol. The van der Waals surface area contributed by atoms with Crippen molar-refractivity contribution in [1.29, 1.82) is 0 Å². The van der Waals surface area contributed by atoms with E-state index in [9.17, 15) is 9.59 Å². The third-order valence-corrected chi connectivity index (χ3v) is 7.18. The van der Waals surface area contributed by atoms with Crippen LogP contribution in [0.1, 0.15) is 13.8 Å². The van der Waals surface area contributed by atoms with Crippen LogP contribution in [-0.4, -0.2) is 20.6 Å². The van der Waals surface area contributed by atoms with Crippen LogP contribution in [0, 0.1) is 0 Å². The van der Waals surface area contributed by atoms with Crippen LogP contribution < -0.4 is 5.56 Å². The quantitative estimate of drug-likeness (QED) is 0.332. The van der Waals surface area contributed by atoms with Gasteiger partial charge >= 0.3 is 0 Å². The molecule has 0 aliphatic rings. The third kappa shape index (κ3) is 3.38. The van der Waals surface area contributed by atoms with Crippen molar-refractivity contribution >= 4 is 50.4 Å². The normalized spacial score (nSPS) is 12.4. The van der Waals surface area contributed by atoms with Gasteiger partial charge in [0.05, 0.1) is 16.3 Å². The van der Waals surface area contributed by atoms with E-state index in [1.807, 2.05) is 60.1 Å². The number of para-hydroxylation sites is 1. The fourth-order valence-electron chi connectivity index (χ4n) is 2.71. The molecular formula is C20H16N2O2S3. The molecule has 1 unspecified atom stereocenters. The van der Waals surface area contributed by atoms with Crippen molar-refractivity contribution in [3.05, 3.63) is 63.6 Å². The SMILES string of the molecule is CC(=O)C(C)Sc1nc2scc(-c3cccs3)c2c(=O)n1-c1ccccc1. The van der Waals surface area contributed by atoms with Gasteiger partial charge in [0, 0.05) is 15.8 Å². The van der Waals surface area contributed by atoms with Crippen LogP contribution in [0.4, 0.5) is 0 Å². The zero-order valence-corrected chi connectivity index (χ0v) is 17.2. The summed E-state index contributed by atoms with van der Waals surface area (Å²) in [5, 5.41) is 4.89. The van der Waals surface area contributed by atoms with Crippen molar-refractivity contribution in [1.82, 2.24) is 9.55 Å². The lowest BCUT2D eigenvalue weighted by Gasteiger charge is -2.14. The number of thioether (sulfide) groups is 1. The number of carbonyl (C=O) groups is 1. The van der Waals surface area contributed by atoms with Crippen LogP contribution in [0.5, 0.6) is 0 Å². The van der Waals surface area contributed by atoms with Gasteiger partial charge in [-0.3, -0.25) is 14.2 Å². The molecule has 0 N–H and O–H groups in total. The Morgan fingerprint density at radius 1 is 1.15 bits per heavy atom. The fraction of sp³-hybridized carbons (Fsp3) is 0.150. The van der Waals surface area contributed by atoms with E-state index >= 15 is 0 Å². The molecule has 1 atom stereocenters. The summed E-state index contributed by atoms with van der Waals surface area (Å²) in [7, 11) is 0. The average Bonchev–Trinajstić information content (AvgIpc) is 3.31. The summed E-state index contributed by atoms with van der Waals surface area (Å²) in [4.78, 5) is 31.8. The Balaban J connectivity index is 2.00.